The van der Waals surface area contributed by atoms with Gasteiger partial charge in [-0.15, -0.1) is 0 Å². The van der Waals surface area contributed by atoms with Crippen LogP contribution in [0.1, 0.15) is 32.3 Å². The SMILES string of the molecule is CCCC(C)N(C)c1ccc(C(N)=NO)cc1[N+](=O)[O-]. The molecule has 0 saturated carbocycles. The Morgan fingerprint density at radius 1 is 1.60 bits per heavy atom. The molecular formula is C13H20N4O3. The van der Waals surface area contributed by atoms with Crippen LogP contribution in [-0.2, 0) is 0 Å². The van der Waals surface area contributed by atoms with E-state index in [-0.39, 0.29) is 17.6 Å². The zero-order valence-electron chi connectivity index (χ0n) is 11.9. The third kappa shape index (κ3) is 3.37. The van der Waals surface area contributed by atoms with Crippen molar-refractivity contribution >= 4 is 17.2 Å². The molecule has 0 amide bonds. The lowest BCUT2D eigenvalue weighted by molar-refractivity contribution is -0.384. The van der Waals surface area contributed by atoms with Crippen molar-refractivity contribution in [3.8, 4) is 0 Å². The molecule has 110 valence electrons. The standard InChI is InChI=1S/C13H20N4O3/c1-4-5-9(2)16(3)11-7-6-10(13(14)15-18)8-12(11)17(19)20/h6-9,18H,4-5H2,1-3H3,(H2,14,15). The summed E-state index contributed by atoms with van der Waals surface area (Å²) >= 11 is 0. The molecule has 0 radical (unpaired) electrons. The largest absolute Gasteiger partial charge is 0.409 e. The van der Waals surface area contributed by atoms with Crippen molar-refractivity contribution in [2.45, 2.75) is 32.7 Å². The molecule has 0 aliphatic rings. The molecule has 1 atom stereocenters. The molecule has 1 aromatic carbocycles. The molecule has 0 heterocycles. The van der Waals surface area contributed by atoms with Crippen molar-refractivity contribution in [2.75, 3.05) is 11.9 Å². The summed E-state index contributed by atoms with van der Waals surface area (Å²) in [6, 6.07) is 4.73. The fraction of sp³-hybridized carbons (Fsp3) is 0.462. The van der Waals surface area contributed by atoms with Crippen LogP contribution in [0.2, 0.25) is 0 Å². The second-order valence-electron chi connectivity index (χ2n) is 4.69. The van der Waals surface area contributed by atoms with Gasteiger partial charge in [-0.2, -0.15) is 0 Å². The summed E-state index contributed by atoms with van der Waals surface area (Å²) in [5, 5.41) is 22.7. The quantitative estimate of drug-likeness (QED) is 0.273. The second-order valence-corrected chi connectivity index (χ2v) is 4.69. The van der Waals surface area contributed by atoms with E-state index in [0.29, 0.717) is 11.3 Å². The van der Waals surface area contributed by atoms with E-state index >= 15 is 0 Å². The minimum Gasteiger partial charge on any atom is -0.409 e. The van der Waals surface area contributed by atoms with Gasteiger partial charge < -0.3 is 15.8 Å². The number of amidine groups is 1. The van der Waals surface area contributed by atoms with Crippen LogP contribution >= 0.6 is 0 Å². The number of oxime groups is 1. The van der Waals surface area contributed by atoms with E-state index in [1.165, 1.54) is 6.07 Å². The van der Waals surface area contributed by atoms with Crippen molar-refractivity contribution in [1.82, 2.24) is 0 Å². The summed E-state index contributed by atoms with van der Waals surface area (Å²) in [4.78, 5) is 12.6. The maximum atomic E-state index is 11.2. The Bertz CT molecular complexity index is 516. The molecule has 0 aromatic heterocycles. The third-order valence-electron chi connectivity index (χ3n) is 3.32. The number of rotatable bonds is 6. The lowest BCUT2D eigenvalue weighted by Gasteiger charge is -2.26. The first-order valence-corrected chi connectivity index (χ1v) is 6.41. The third-order valence-corrected chi connectivity index (χ3v) is 3.32. The predicted molar refractivity (Wildman–Crippen MR) is 78.4 cm³/mol. The highest BCUT2D eigenvalue weighted by Crippen LogP contribution is 2.30. The van der Waals surface area contributed by atoms with E-state index < -0.39 is 4.92 Å². The maximum Gasteiger partial charge on any atom is 0.293 e. The van der Waals surface area contributed by atoms with Gasteiger partial charge in [-0.05, 0) is 25.5 Å². The summed E-state index contributed by atoms with van der Waals surface area (Å²) in [6.45, 7) is 4.09. The van der Waals surface area contributed by atoms with Gasteiger partial charge in [-0.1, -0.05) is 18.5 Å². The van der Waals surface area contributed by atoms with E-state index in [9.17, 15) is 10.1 Å². The fourth-order valence-corrected chi connectivity index (χ4v) is 2.03. The molecule has 0 aliphatic carbocycles. The van der Waals surface area contributed by atoms with Crippen LogP contribution in [0.25, 0.3) is 0 Å². The molecule has 7 nitrogen and oxygen atoms in total. The Hall–Kier alpha value is -2.31. The highest BCUT2D eigenvalue weighted by atomic mass is 16.6. The van der Waals surface area contributed by atoms with Crippen LogP contribution < -0.4 is 10.6 Å². The Morgan fingerprint density at radius 3 is 2.75 bits per heavy atom. The second kappa shape index (κ2) is 6.74. The van der Waals surface area contributed by atoms with Crippen LogP contribution in [-0.4, -0.2) is 29.1 Å². The van der Waals surface area contributed by atoms with E-state index in [2.05, 4.69) is 12.1 Å². The van der Waals surface area contributed by atoms with Crippen LogP contribution in [0.15, 0.2) is 23.4 Å². The molecule has 1 aromatic rings. The van der Waals surface area contributed by atoms with Crippen molar-refractivity contribution < 1.29 is 10.1 Å². The number of nitrogens with two attached hydrogens (primary N) is 1. The minimum absolute atomic E-state index is 0.0560. The molecule has 0 bridgehead atoms. The maximum absolute atomic E-state index is 11.2. The Balaban J connectivity index is 3.23. The molecule has 3 N–H and O–H groups in total. The first-order chi connectivity index (χ1) is 9.42. The predicted octanol–water partition coefficient (Wildman–Crippen LogP) is 2.31. The van der Waals surface area contributed by atoms with E-state index in [1.807, 2.05) is 18.9 Å². The van der Waals surface area contributed by atoms with Gasteiger partial charge in [0.2, 0.25) is 0 Å². The van der Waals surface area contributed by atoms with Gasteiger partial charge >= 0.3 is 0 Å². The Morgan fingerprint density at radius 2 is 2.25 bits per heavy atom. The van der Waals surface area contributed by atoms with Crippen molar-refractivity contribution in [1.29, 1.82) is 0 Å². The van der Waals surface area contributed by atoms with Crippen LogP contribution in [0.3, 0.4) is 0 Å². The highest BCUT2D eigenvalue weighted by molar-refractivity contribution is 5.98. The number of anilines is 1. The number of nitro benzene ring substituents is 1. The number of hydrogen-bond donors (Lipinski definition) is 2. The summed E-state index contributed by atoms with van der Waals surface area (Å²) in [7, 11) is 1.83. The smallest absolute Gasteiger partial charge is 0.293 e. The summed E-state index contributed by atoms with van der Waals surface area (Å²) in [5.41, 5.74) is 6.24. The summed E-state index contributed by atoms with van der Waals surface area (Å²) in [6.07, 6.45) is 1.94. The van der Waals surface area contributed by atoms with Crippen molar-refractivity contribution in [3.63, 3.8) is 0 Å². The lowest BCUT2D eigenvalue weighted by Crippen LogP contribution is -2.29. The molecule has 1 rings (SSSR count). The monoisotopic (exact) mass is 280 g/mol. The molecule has 0 aliphatic heterocycles. The van der Waals surface area contributed by atoms with E-state index in [4.69, 9.17) is 10.9 Å². The van der Waals surface area contributed by atoms with Crippen molar-refractivity contribution in [3.05, 3.63) is 33.9 Å². The molecular weight excluding hydrogens is 260 g/mol. The summed E-state index contributed by atoms with van der Waals surface area (Å²) in [5.74, 6) is -0.149. The topological polar surface area (TPSA) is 105 Å². The molecule has 0 fully saturated rings. The van der Waals surface area contributed by atoms with Gasteiger partial charge in [0.25, 0.3) is 5.69 Å². The number of benzene rings is 1. The van der Waals surface area contributed by atoms with E-state index in [1.54, 1.807) is 12.1 Å². The van der Waals surface area contributed by atoms with Gasteiger partial charge in [0.05, 0.1) is 4.92 Å². The van der Waals surface area contributed by atoms with Gasteiger partial charge in [-0.3, -0.25) is 10.1 Å². The minimum atomic E-state index is -0.460. The normalized spacial score (nSPS) is 13.1. The highest BCUT2D eigenvalue weighted by Gasteiger charge is 2.21. The Kier molecular flexibility index (Phi) is 5.31. The van der Waals surface area contributed by atoms with Gasteiger partial charge in [-0.25, -0.2) is 0 Å². The molecule has 7 heteroatoms. The summed E-state index contributed by atoms with van der Waals surface area (Å²) < 4.78 is 0. The van der Waals surface area contributed by atoms with Crippen LogP contribution in [0.5, 0.6) is 0 Å². The Labute approximate surface area is 117 Å². The fourth-order valence-electron chi connectivity index (χ4n) is 2.03. The first-order valence-electron chi connectivity index (χ1n) is 6.41. The average Bonchev–Trinajstić information content (AvgIpc) is 2.45. The van der Waals surface area contributed by atoms with Crippen molar-refractivity contribution in [2.24, 2.45) is 10.9 Å². The van der Waals surface area contributed by atoms with Crippen LogP contribution in [0, 0.1) is 10.1 Å². The molecule has 20 heavy (non-hydrogen) atoms. The zero-order chi connectivity index (χ0) is 15.3. The zero-order valence-corrected chi connectivity index (χ0v) is 11.9. The van der Waals surface area contributed by atoms with Crippen LogP contribution in [0.4, 0.5) is 11.4 Å². The first kappa shape index (κ1) is 15.7. The number of hydrogen-bond acceptors (Lipinski definition) is 5. The molecule has 1 unspecified atom stereocenters. The van der Waals surface area contributed by atoms with Gasteiger partial charge in [0.15, 0.2) is 5.84 Å². The molecule has 0 spiro atoms. The average molecular weight is 280 g/mol. The lowest BCUT2D eigenvalue weighted by atomic mass is 10.1. The van der Waals surface area contributed by atoms with E-state index in [0.717, 1.165) is 12.8 Å². The van der Waals surface area contributed by atoms with Gasteiger partial charge in [0, 0.05) is 24.7 Å². The molecule has 0 saturated heterocycles. The number of nitrogens with zero attached hydrogens (tertiary/aromatic N) is 3. The number of nitro groups is 1. The van der Waals surface area contributed by atoms with Gasteiger partial charge in [0.1, 0.15) is 5.69 Å².